The molecule has 1 atom stereocenters. The molecular weight excluding hydrogens is 218 g/mol. The van der Waals surface area contributed by atoms with Gasteiger partial charge in [0, 0.05) is 37.9 Å². The van der Waals surface area contributed by atoms with Crippen LogP contribution < -0.4 is 5.32 Å². The molecule has 5 heteroatoms. The minimum atomic E-state index is 0.168. The van der Waals surface area contributed by atoms with E-state index in [0.29, 0.717) is 19.4 Å². The van der Waals surface area contributed by atoms with Crippen molar-refractivity contribution in [2.24, 2.45) is 0 Å². The number of hydrogen-bond acceptors (Lipinski definition) is 4. The van der Waals surface area contributed by atoms with Crippen LogP contribution >= 0.6 is 0 Å². The Morgan fingerprint density at radius 1 is 1.71 bits per heavy atom. The van der Waals surface area contributed by atoms with E-state index in [1.807, 2.05) is 17.7 Å². The van der Waals surface area contributed by atoms with Gasteiger partial charge in [0.25, 0.3) is 0 Å². The number of rotatable bonds is 5. The van der Waals surface area contributed by atoms with Crippen molar-refractivity contribution in [1.82, 2.24) is 14.9 Å². The second kappa shape index (κ2) is 5.93. The molecule has 0 bridgehead atoms. The summed E-state index contributed by atoms with van der Waals surface area (Å²) in [6.45, 7) is 5.11. The Balaban J connectivity index is 1.84. The maximum absolute atomic E-state index is 11.9. The topological polar surface area (TPSA) is 56.2 Å². The highest BCUT2D eigenvalue weighted by Gasteiger charge is 2.18. The van der Waals surface area contributed by atoms with Gasteiger partial charge in [0.1, 0.15) is 11.6 Å². The molecule has 17 heavy (non-hydrogen) atoms. The second-order valence-corrected chi connectivity index (χ2v) is 4.28. The molecule has 94 valence electrons. The van der Waals surface area contributed by atoms with Gasteiger partial charge in [0.05, 0.1) is 19.6 Å². The van der Waals surface area contributed by atoms with Crippen molar-refractivity contribution in [2.75, 3.05) is 19.8 Å². The molecule has 1 saturated heterocycles. The highest BCUT2D eigenvalue weighted by molar-refractivity contribution is 5.80. The molecule has 1 aliphatic heterocycles. The lowest BCUT2D eigenvalue weighted by molar-refractivity contribution is -0.119. The monoisotopic (exact) mass is 237 g/mol. The Labute approximate surface area is 101 Å². The van der Waals surface area contributed by atoms with Crippen LogP contribution in [0.5, 0.6) is 0 Å². The van der Waals surface area contributed by atoms with Crippen LogP contribution in [-0.4, -0.2) is 41.1 Å². The van der Waals surface area contributed by atoms with Gasteiger partial charge in [-0.3, -0.25) is 4.79 Å². The Bertz CT molecular complexity index is 370. The maximum atomic E-state index is 11.9. The first-order valence-corrected chi connectivity index (χ1v) is 6.12. The zero-order valence-corrected chi connectivity index (χ0v) is 10.2. The Morgan fingerprint density at radius 2 is 2.59 bits per heavy atom. The van der Waals surface area contributed by atoms with Crippen LogP contribution in [0.25, 0.3) is 0 Å². The van der Waals surface area contributed by atoms with E-state index in [4.69, 9.17) is 4.74 Å². The normalized spacial score (nSPS) is 20.4. The van der Waals surface area contributed by atoms with Crippen molar-refractivity contribution in [3.05, 3.63) is 18.2 Å². The first-order valence-electron chi connectivity index (χ1n) is 6.12. The van der Waals surface area contributed by atoms with Crippen LogP contribution in [0.1, 0.15) is 19.2 Å². The van der Waals surface area contributed by atoms with E-state index in [9.17, 15) is 4.79 Å². The molecule has 1 aromatic heterocycles. The molecule has 1 aliphatic rings. The van der Waals surface area contributed by atoms with Crippen molar-refractivity contribution in [1.29, 1.82) is 0 Å². The van der Waals surface area contributed by atoms with E-state index >= 15 is 0 Å². The third-order valence-corrected chi connectivity index (χ3v) is 2.97. The Kier molecular flexibility index (Phi) is 4.28. The molecule has 1 unspecified atom stereocenters. The molecular formula is C12H19N3O2. The predicted molar refractivity (Wildman–Crippen MR) is 63.8 cm³/mol. The summed E-state index contributed by atoms with van der Waals surface area (Å²) < 4.78 is 7.33. The maximum Gasteiger partial charge on any atom is 0.142 e. The van der Waals surface area contributed by atoms with Crippen LogP contribution in [0.15, 0.2) is 12.4 Å². The van der Waals surface area contributed by atoms with Crippen LogP contribution in [-0.2, 0) is 22.5 Å². The number of morpholine rings is 1. The van der Waals surface area contributed by atoms with Gasteiger partial charge in [0.2, 0.25) is 0 Å². The van der Waals surface area contributed by atoms with Crippen LogP contribution in [0.4, 0.5) is 0 Å². The quantitative estimate of drug-likeness (QED) is 0.805. The van der Waals surface area contributed by atoms with E-state index < -0.39 is 0 Å². The van der Waals surface area contributed by atoms with E-state index in [1.165, 1.54) is 0 Å². The van der Waals surface area contributed by atoms with E-state index in [-0.39, 0.29) is 11.8 Å². The van der Waals surface area contributed by atoms with Crippen molar-refractivity contribution < 1.29 is 9.53 Å². The average molecular weight is 237 g/mol. The molecule has 1 fully saturated rings. The summed E-state index contributed by atoms with van der Waals surface area (Å²) in [6, 6.07) is 0.168. The van der Waals surface area contributed by atoms with E-state index in [1.54, 1.807) is 6.20 Å². The number of imidazole rings is 1. The van der Waals surface area contributed by atoms with Gasteiger partial charge in [-0.15, -0.1) is 0 Å². The first kappa shape index (κ1) is 12.3. The van der Waals surface area contributed by atoms with Crippen LogP contribution in [0.2, 0.25) is 0 Å². The van der Waals surface area contributed by atoms with Crippen molar-refractivity contribution in [2.45, 2.75) is 32.4 Å². The van der Waals surface area contributed by atoms with Gasteiger partial charge in [-0.05, 0) is 6.92 Å². The highest BCUT2D eigenvalue weighted by Crippen LogP contribution is 2.05. The molecule has 5 nitrogen and oxygen atoms in total. The molecule has 1 N–H and O–H groups in total. The zero-order valence-electron chi connectivity index (χ0n) is 10.2. The number of nitrogens with zero attached hydrogens (tertiary/aromatic N) is 2. The molecule has 1 aromatic rings. The van der Waals surface area contributed by atoms with Crippen molar-refractivity contribution >= 4 is 5.78 Å². The fraction of sp³-hybridized carbons (Fsp3) is 0.667. The van der Waals surface area contributed by atoms with Crippen LogP contribution in [0, 0.1) is 0 Å². The zero-order chi connectivity index (χ0) is 12.1. The number of ether oxygens (including phenoxy) is 1. The van der Waals surface area contributed by atoms with Gasteiger partial charge >= 0.3 is 0 Å². The fourth-order valence-electron chi connectivity index (χ4n) is 2.07. The van der Waals surface area contributed by atoms with Gasteiger partial charge in [-0.2, -0.15) is 0 Å². The average Bonchev–Trinajstić information content (AvgIpc) is 2.77. The lowest BCUT2D eigenvalue weighted by atomic mass is 10.1. The first-order chi connectivity index (χ1) is 8.29. The molecule has 0 aliphatic carbocycles. The summed E-state index contributed by atoms with van der Waals surface area (Å²) in [7, 11) is 0. The molecule has 0 amide bonds. The van der Waals surface area contributed by atoms with Gasteiger partial charge in [-0.25, -0.2) is 4.98 Å². The Morgan fingerprint density at radius 3 is 3.29 bits per heavy atom. The molecule has 2 heterocycles. The lowest BCUT2D eigenvalue weighted by Gasteiger charge is -2.23. The summed E-state index contributed by atoms with van der Waals surface area (Å²) in [5.74, 6) is 1.07. The summed E-state index contributed by atoms with van der Waals surface area (Å²) in [5, 5.41) is 3.29. The number of Topliss-reactive ketones (excluding diaryl/α,β-unsaturated/α-hetero) is 1. The second-order valence-electron chi connectivity index (χ2n) is 4.28. The summed E-state index contributed by atoms with van der Waals surface area (Å²) in [5.41, 5.74) is 0. The molecule has 0 aromatic carbocycles. The number of carbonyl (C=O) groups is 1. The summed E-state index contributed by atoms with van der Waals surface area (Å²) >= 11 is 0. The molecule has 0 radical (unpaired) electrons. The number of aromatic nitrogens is 2. The number of nitrogens with one attached hydrogen (secondary N) is 1. The van der Waals surface area contributed by atoms with E-state index in [2.05, 4.69) is 10.3 Å². The van der Waals surface area contributed by atoms with Crippen molar-refractivity contribution in [3.8, 4) is 0 Å². The minimum absolute atomic E-state index is 0.168. The molecule has 2 rings (SSSR count). The smallest absolute Gasteiger partial charge is 0.142 e. The van der Waals surface area contributed by atoms with Gasteiger partial charge in [0.15, 0.2) is 0 Å². The Hall–Kier alpha value is -1.20. The van der Waals surface area contributed by atoms with Gasteiger partial charge < -0.3 is 14.6 Å². The SMILES string of the molecule is CCn1ccnc1CC(=O)CC1COCCN1. The van der Waals surface area contributed by atoms with Crippen molar-refractivity contribution in [3.63, 3.8) is 0 Å². The number of hydrogen-bond donors (Lipinski definition) is 1. The van der Waals surface area contributed by atoms with Crippen LogP contribution in [0.3, 0.4) is 0 Å². The van der Waals surface area contributed by atoms with Gasteiger partial charge in [-0.1, -0.05) is 0 Å². The minimum Gasteiger partial charge on any atom is -0.379 e. The van der Waals surface area contributed by atoms with E-state index in [0.717, 1.165) is 25.5 Å². The number of ketones is 1. The fourth-order valence-corrected chi connectivity index (χ4v) is 2.07. The molecule has 0 saturated carbocycles. The third-order valence-electron chi connectivity index (χ3n) is 2.97. The number of aryl methyl sites for hydroxylation is 1. The highest BCUT2D eigenvalue weighted by atomic mass is 16.5. The molecule has 0 spiro atoms. The summed E-state index contributed by atoms with van der Waals surface area (Å²) in [6.07, 6.45) is 4.59. The lowest BCUT2D eigenvalue weighted by Crippen LogP contribution is -2.42. The summed E-state index contributed by atoms with van der Waals surface area (Å²) in [4.78, 5) is 16.1. The standard InChI is InChI=1S/C12H19N3O2/c1-2-15-5-3-14-12(15)8-11(16)7-10-9-17-6-4-13-10/h3,5,10,13H,2,4,6-9H2,1H3. The number of carbonyl (C=O) groups excluding carboxylic acids is 1. The largest absolute Gasteiger partial charge is 0.379 e. The third kappa shape index (κ3) is 3.38. The predicted octanol–water partition coefficient (Wildman–Crippen LogP) is 0.393.